The van der Waals surface area contributed by atoms with Crippen LogP contribution in [0.5, 0.6) is 0 Å². The van der Waals surface area contributed by atoms with Crippen LogP contribution in [-0.2, 0) is 0 Å². The van der Waals surface area contributed by atoms with Crippen molar-refractivity contribution in [1.82, 2.24) is 4.57 Å². The Hall–Kier alpha value is -2.54. The first-order valence-electron chi connectivity index (χ1n) is 7.74. The van der Waals surface area contributed by atoms with E-state index >= 15 is 0 Å². The average Bonchev–Trinajstić information content (AvgIpc) is 2.88. The van der Waals surface area contributed by atoms with Crippen LogP contribution >= 0.6 is 0 Å². The molecule has 1 nitrogen and oxygen atoms in total. The summed E-state index contributed by atoms with van der Waals surface area (Å²) in [6, 6.07) is 21.8. The maximum Gasteiger partial charge on any atom is 0.0541 e. The van der Waals surface area contributed by atoms with Crippen LogP contribution in [0.1, 0.15) is 16.7 Å². The van der Waals surface area contributed by atoms with Crippen LogP contribution in [0.2, 0.25) is 0 Å². The number of aromatic nitrogens is 1. The Balaban J connectivity index is 2.20. The molecule has 0 amide bonds. The van der Waals surface area contributed by atoms with E-state index in [0.717, 1.165) is 0 Å². The van der Waals surface area contributed by atoms with Crippen LogP contribution < -0.4 is 0 Å². The van der Waals surface area contributed by atoms with Gasteiger partial charge in [-0.05, 0) is 55.7 Å². The molecule has 0 fully saturated rings. The molecule has 0 aliphatic carbocycles. The van der Waals surface area contributed by atoms with E-state index in [1.165, 1.54) is 44.2 Å². The summed E-state index contributed by atoms with van der Waals surface area (Å²) in [5.41, 5.74) is 7.90. The zero-order chi connectivity index (χ0) is 15.3. The number of para-hydroxylation sites is 2. The quantitative estimate of drug-likeness (QED) is 0.422. The molecule has 22 heavy (non-hydrogen) atoms. The number of nitrogens with zero attached hydrogens (tertiary/aromatic N) is 1. The van der Waals surface area contributed by atoms with Gasteiger partial charge in [-0.15, -0.1) is 0 Å². The van der Waals surface area contributed by atoms with Gasteiger partial charge in [-0.3, -0.25) is 0 Å². The van der Waals surface area contributed by atoms with Crippen LogP contribution in [0.4, 0.5) is 0 Å². The number of hydrogen-bond acceptors (Lipinski definition) is 0. The summed E-state index contributed by atoms with van der Waals surface area (Å²) in [4.78, 5) is 0. The summed E-state index contributed by atoms with van der Waals surface area (Å²) in [6.45, 7) is 6.61. The van der Waals surface area contributed by atoms with Gasteiger partial charge >= 0.3 is 0 Å². The second kappa shape index (κ2) is 4.74. The topological polar surface area (TPSA) is 4.93 Å². The Bertz CT molecular complexity index is 952. The molecule has 1 heterocycles. The molecular weight excluding hydrogens is 266 g/mol. The van der Waals surface area contributed by atoms with Gasteiger partial charge < -0.3 is 4.57 Å². The molecule has 0 radical (unpaired) electrons. The summed E-state index contributed by atoms with van der Waals surface area (Å²) >= 11 is 0. The van der Waals surface area contributed by atoms with Crippen molar-refractivity contribution in [2.45, 2.75) is 20.8 Å². The predicted octanol–water partition coefficient (Wildman–Crippen LogP) is 5.71. The predicted molar refractivity (Wildman–Crippen MR) is 95.0 cm³/mol. The highest BCUT2D eigenvalue weighted by Gasteiger charge is 2.13. The first-order chi connectivity index (χ1) is 10.7. The molecular formula is C21H19N. The molecule has 0 atom stereocenters. The Morgan fingerprint density at radius 3 is 1.73 bits per heavy atom. The molecule has 0 bridgehead atoms. The van der Waals surface area contributed by atoms with Crippen molar-refractivity contribution in [3.05, 3.63) is 77.4 Å². The second-order valence-electron chi connectivity index (χ2n) is 6.02. The van der Waals surface area contributed by atoms with Gasteiger partial charge in [0, 0.05) is 16.5 Å². The monoisotopic (exact) mass is 285 g/mol. The lowest BCUT2D eigenvalue weighted by Crippen LogP contribution is -1.99. The van der Waals surface area contributed by atoms with Gasteiger partial charge in [-0.25, -0.2) is 0 Å². The first-order valence-corrected chi connectivity index (χ1v) is 7.74. The lowest BCUT2D eigenvalue weighted by molar-refractivity contribution is 1.12. The molecule has 108 valence electrons. The molecule has 0 spiro atoms. The van der Waals surface area contributed by atoms with Crippen LogP contribution in [0.25, 0.3) is 27.5 Å². The van der Waals surface area contributed by atoms with Gasteiger partial charge in [0.2, 0.25) is 0 Å². The zero-order valence-electron chi connectivity index (χ0n) is 13.2. The lowest BCUT2D eigenvalue weighted by atomic mass is 10.0. The van der Waals surface area contributed by atoms with Gasteiger partial charge in [-0.1, -0.05) is 42.5 Å². The van der Waals surface area contributed by atoms with Crippen molar-refractivity contribution >= 4 is 21.8 Å². The highest BCUT2D eigenvalue weighted by atomic mass is 15.0. The maximum absolute atomic E-state index is 2.40. The fourth-order valence-electron chi connectivity index (χ4n) is 3.37. The van der Waals surface area contributed by atoms with E-state index in [1.54, 1.807) is 0 Å². The summed E-state index contributed by atoms with van der Waals surface area (Å²) in [5.74, 6) is 0. The molecule has 0 saturated heterocycles. The van der Waals surface area contributed by atoms with E-state index in [9.17, 15) is 0 Å². The minimum atomic E-state index is 1.27. The first kappa shape index (κ1) is 13.1. The third-order valence-electron chi connectivity index (χ3n) is 4.85. The summed E-state index contributed by atoms with van der Waals surface area (Å²) in [6.07, 6.45) is 0. The molecule has 4 aromatic rings. The number of rotatable bonds is 1. The van der Waals surface area contributed by atoms with Crippen molar-refractivity contribution in [2.75, 3.05) is 0 Å². The molecule has 1 aromatic heterocycles. The van der Waals surface area contributed by atoms with Gasteiger partial charge in [-0.2, -0.15) is 0 Å². The second-order valence-corrected chi connectivity index (χ2v) is 6.02. The fourth-order valence-corrected chi connectivity index (χ4v) is 3.37. The maximum atomic E-state index is 2.40. The molecule has 1 heteroatoms. The fraction of sp³-hybridized carbons (Fsp3) is 0.143. The van der Waals surface area contributed by atoms with Crippen LogP contribution in [0.3, 0.4) is 0 Å². The summed E-state index contributed by atoms with van der Waals surface area (Å²) < 4.78 is 2.40. The van der Waals surface area contributed by atoms with Crippen LogP contribution in [-0.4, -0.2) is 4.57 Å². The Morgan fingerprint density at radius 1 is 0.591 bits per heavy atom. The Morgan fingerprint density at radius 2 is 1.14 bits per heavy atom. The van der Waals surface area contributed by atoms with Crippen LogP contribution in [0, 0.1) is 20.8 Å². The molecule has 0 aliphatic rings. The Kier molecular flexibility index (Phi) is 2.83. The molecule has 0 saturated carbocycles. The van der Waals surface area contributed by atoms with Crippen molar-refractivity contribution in [3.63, 3.8) is 0 Å². The van der Waals surface area contributed by atoms with Crippen molar-refractivity contribution in [1.29, 1.82) is 0 Å². The van der Waals surface area contributed by atoms with E-state index < -0.39 is 0 Å². The smallest absolute Gasteiger partial charge is 0.0541 e. The van der Waals surface area contributed by atoms with Gasteiger partial charge in [0.15, 0.2) is 0 Å². The number of hydrogen-bond donors (Lipinski definition) is 0. The summed E-state index contributed by atoms with van der Waals surface area (Å²) in [5, 5.41) is 2.63. The van der Waals surface area contributed by atoms with Gasteiger partial charge in [0.1, 0.15) is 0 Å². The molecule has 4 rings (SSSR count). The Labute approximate surface area is 130 Å². The van der Waals surface area contributed by atoms with Gasteiger partial charge in [0.05, 0.1) is 11.0 Å². The highest BCUT2D eigenvalue weighted by Crippen LogP contribution is 2.33. The van der Waals surface area contributed by atoms with E-state index in [-0.39, 0.29) is 0 Å². The number of fused-ring (bicyclic) bond motifs is 3. The van der Waals surface area contributed by atoms with Crippen molar-refractivity contribution < 1.29 is 0 Å². The zero-order valence-corrected chi connectivity index (χ0v) is 13.2. The average molecular weight is 285 g/mol. The summed E-state index contributed by atoms with van der Waals surface area (Å²) in [7, 11) is 0. The SMILES string of the molecule is Cc1ccc(-n2c3ccccc3c3ccccc32)c(C)c1C. The van der Waals surface area contributed by atoms with Gasteiger partial charge in [0.25, 0.3) is 0 Å². The van der Waals surface area contributed by atoms with E-state index in [0.29, 0.717) is 0 Å². The minimum Gasteiger partial charge on any atom is -0.309 e. The molecule has 0 aliphatic heterocycles. The third-order valence-corrected chi connectivity index (χ3v) is 4.85. The number of aryl methyl sites for hydroxylation is 1. The molecule has 3 aromatic carbocycles. The largest absolute Gasteiger partial charge is 0.309 e. The molecule has 0 unspecified atom stereocenters. The third kappa shape index (κ3) is 1.72. The normalized spacial score (nSPS) is 11.4. The molecule has 0 N–H and O–H groups in total. The van der Waals surface area contributed by atoms with Crippen LogP contribution in [0.15, 0.2) is 60.7 Å². The minimum absolute atomic E-state index is 1.27. The van der Waals surface area contributed by atoms with Crippen molar-refractivity contribution in [2.24, 2.45) is 0 Å². The van der Waals surface area contributed by atoms with E-state index in [2.05, 4.69) is 86.0 Å². The lowest BCUT2D eigenvalue weighted by Gasteiger charge is -2.14. The highest BCUT2D eigenvalue weighted by molar-refractivity contribution is 6.09. The van der Waals surface area contributed by atoms with E-state index in [4.69, 9.17) is 0 Å². The number of benzene rings is 3. The standard InChI is InChI=1S/C21H19N/c1-14-12-13-19(16(3)15(14)2)22-20-10-6-4-8-17(20)18-9-5-7-11-21(18)22/h4-13H,1-3H3. The van der Waals surface area contributed by atoms with Crippen molar-refractivity contribution in [3.8, 4) is 5.69 Å². The van der Waals surface area contributed by atoms with E-state index in [1.807, 2.05) is 0 Å².